The molecule has 0 amide bonds. The normalized spacial score (nSPS) is 11.3. The molecule has 0 aliphatic rings. The van der Waals surface area contributed by atoms with Gasteiger partial charge in [0.15, 0.2) is 6.10 Å². The smallest absolute Gasteiger partial charge is 0.156 e. The summed E-state index contributed by atoms with van der Waals surface area (Å²) in [7, 11) is 0. The van der Waals surface area contributed by atoms with Crippen molar-refractivity contribution in [3.63, 3.8) is 0 Å². The van der Waals surface area contributed by atoms with Gasteiger partial charge in [-0.2, -0.15) is 5.26 Å². The quantitative estimate of drug-likeness (QED) is 0.471. The highest BCUT2D eigenvalue weighted by molar-refractivity contribution is 8.03. The van der Waals surface area contributed by atoms with Crippen molar-refractivity contribution >= 4 is 23.4 Å². The highest BCUT2D eigenvalue weighted by Gasteiger charge is 2.11. The van der Waals surface area contributed by atoms with Crippen molar-refractivity contribution in [2.24, 2.45) is 0 Å². The van der Waals surface area contributed by atoms with Crippen molar-refractivity contribution < 1.29 is 9.13 Å². The third-order valence-corrected chi connectivity index (χ3v) is 2.60. The second-order valence-electron chi connectivity index (χ2n) is 2.83. The fraction of sp³-hybridized carbons (Fsp3) is 0.182. The molecule has 0 radical (unpaired) electrons. The van der Waals surface area contributed by atoms with Crippen LogP contribution in [0.5, 0.6) is 5.75 Å². The maximum Gasteiger partial charge on any atom is 0.156 e. The molecule has 0 spiro atoms. The van der Waals surface area contributed by atoms with Crippen LogP contribution in [0, 0.1) is 28.8 Å². The van der Waals surface area contributed by atoms with Gasteiger partial charge in [0.2, 0.25) is 0 Å². The van der Waals surface area contributed by atoms with E-state index >= 15 is 0 Å². The van der Waals surface area contributed by atoms with Crippen molar-refractivity contribution in [3.05, 3.63) is 23.0 Å². The predicted octanol–water partition coefficient (Wildman–Crippen LogP) is 3.45. The number of benzene rings is 1. The number of ether oxygens (including phenoxy) is 1. The predicted molar refractivity (Wildman–Crippen MR) is 61.8 cm³/mol. The Labute approximate surface area is 102 Å². The standard InChI is InChI=1S/C11H7ClFNOS/c1-3-7(2)15-10-5-11(16-6-14)9(13)4-8(10)12/h1,4-5,7H,2H3. The molecular weight excluding hydrogens is 249 g/mol. The summed E-state index contributed by atoms with van der Waals surface area (Å²) in [5.74, 6) is 2.07. The van der Waals surface area contributed by atoms with Crippen LogP contribution in [-0.4, -0.2) is 6.10 Å². The molecule has 0 aliphatic heterocycles. The molecule has 0 fully saturated rings. The zero-order valence-electron chi connectivity index (χ0n) is 8.33. The Morgan fingerprint density at radius 1 is 1.62 bits per heavy atom. The van der Waals surface area contributed by atoms with Crippen LogP contribution >= 0.6 is 23.4 Å². The summed E-state index contributed by atoms with van der Waals surface area (Å²) in [5.41, 5.74) is 0. The minimum absolute atomic E-state index is 0.127. The van der Waals surface area contributed by atoms with E-state index in [1.54, 1.807) is 12.3 Å². The lowest BCUT2D eigenvalue weighted by Crippen LogP contribution is -2.08. The molecule has 0 aromatic heterocycles. The first-order valence-corrected chi connectivity index (χ1v) is 5.45. The number of terminal acetylenes is 1. The third kappa shape index (κ3) is 3.06. The summed E-state index contributed by atoms with van der Waals surface area (Å²) < 4.78 is 18.6. The average Bonchev–Trinajstić information content (AvgIpc) is 2.25. The van der Waals surface area contributed by atoms with E-state index in [0.717, 1.165) is 6.07 Å². The second kappa shape index (κ2) is 5.65. The van der Waals surface area contributed by atoms with E-state index < -0.39 is 11.9 Å². The van der Waals surface area contributed by atoms with Crippen LogP contribution in [0.15, 0.2) is 17.0 Å². The Bertz CT molecular complexity index is 478. The summed E-state index contributed by atoms with van der Waals surface area (Å²) in [6.45, 7) is 1.66. The molecule has 1 rings (SSSR count). The molecule has 16 heavy (non-hydrogen) atoms. The van der Waals surface area contributed by atoms with Gasteiger partial charge in [0.05, 0.1) is 9.92 Å². The van der Waals surface area contributed by atoms with Crippen molar-refractivity contribution in [1.82, 2.24) is 0 Å². The number of hydrogen-bond acceptors (Lipinski definition) is 3. The zero-order valence-corrected chi connectivity index (χ0v) is 9.90. The topological polar surface area (TPSA) is 33.0 Å². The van der Waals surface area contributed by atoms with E-state index in [9.17, 15) is 4.39 Å². The van der Waals surface area contributed by atoms with Gasteiger partial charge in [0.1, 0.15) is 17.0 Å². The van der Waals surface area contributed by atoms with Gasteiger partial charge in [-0.1, -0.05) is 17.5 Å². The number of thioether (sulfide) groups is 1. The van der Waals surface area contributed by atoms with Crippen LogP contribution < -0.4 is 4.74 Å². The molecule has 1 unspecified atom stereocenters. The first-order chi connectivity index (χ1) is 7.58. The average molecular weight is 256 g/mol. The fourth-order valence-corrected chi connectivity index (χ4v) is 1.57. The maximum atomic E-state index is 13.3. The van der Waals surface area contributed by atoms with Crippen LogP contribution in [0.2, 0.25) is 5.02 Å². The van der Waals surface area contributed by atoms with Gasteiger partial charge in [-0.15, -0.1) is 6.42 Å². The first-order valence-electron chi connectivity index (χ1n) is 4.26. The van der Waals surface area contributed by atoms with Crippen molar-refractivity contribution in [2.75, 3.05) is 0 Å². The molecule has 0 aliphatic carbocycles. The first kappa shape index (κ1) is 12.7. The lowest BCUT2D eigenvalue weighted by molar-refractivity contribution is 0.278. The molecule has 1 atom stereocenters. The van der Waals surface area contributed by atoms with Gasteiger partial charge in [0.25, 0.3) is 0 Å². The largest absolute Gasteiger partial charge is 0.476 e. The lowest BCUT2D eigenvalue weighted by Gasteiger charge is -2.11. The molecule has 0 N–H and O–H groups in total. The van der Waals surface area contributed by atoms with E-state index in [0.29, 0.717) is 11.8 Å². The molecule has 1 aromatic carbocycles. The van der Waals surface area contributed by atoms with E-state index in [1.165, 1.54) is 6.07 Å². The maximum absolute atomic E-state index is 13.3. The van der Waals surface area contributed by atoms with Crippen molar-refractivity contribution in [1.29, 1.82) is 5.26 Å². The van der Waals surface area contributed by atoms with Crippen LogP contribution in [0.4, 0.5) is 4.39 Å². The van der Waals surface area contributed by atoms with Crippen LogP contribution in [0.3, 0.4) is 0 Å². The molecule has 2 nitrogen and oxygen atoms in total. The Kier molecular flexibility index (Phi) is 4.49. The summed E-state index contributed by atoms with van der Waals surface area (Å²) >= 11 is 6.48. The van der Waals surface area contributed by atoms with E-state index in [1.807, 2.05) is 0 Å². The van der Waals surface area contributed by atoms with Gasteiger partial charge >= 0.3 is 0 Å². The third-order valence-electron chi connectivity index (χ3n) is 1.68. The van der Waals surface area contributed by atoms with E-state index in [2.05, 4.69) is 5.92 Å². The molecule has 1 aromatic rings. The molecule has 82 valence electrons. The van der Waals surface area contributed by atoms with Crippen molar-refractivity contribution in [2.45, 2.75) is 17.9 Å². The van der Waals surface area contributed by atoms with Crippen molar-refractivity contribution in [3.8, 4) is 23.5 Å². The van der Waals surface area contributed by atoms with Crippen LogP contribution in [0.1, 0.15) is 6.92 Å². The van der Waals surface area contributed by atoms with Crippen LogP contribution in [0.25, 0.3) is 0 Å². The van der Waals surface area contributed by atoms with Gasteiger partial charge in [-0.05, 0) is 30.8 Å². The summed E-state index contributed by atoms with van der Waals surface area (Å²) in [4.78, 5) is 0.158. The molecule has 0 saturated heterocycles. The fourth-order valence-electron chi connectivity index (χ4n) is 0.953. The molecular formula is C11H7ClFNOS. The minimum Gasteiger partial charge on any atom is -0.476 e. The van der Waals surface area contributed by atoms with Gasteiger partial charge in [-0.25, -0.2) is 4.39 Å². The van der Waals surface area contributed by atoms with E-state index in [4.69, 9.17) is 28.0 Å². The summed E-state index contributed by atoms with van der Waals surface area (Å²) in [5, 5.41) is 10.4. The molecule has 0 saturated carbocycles. The molecule has 0 bridgehead atoms. The Morgan fingerprint density at radius 2 is 2.31 bits per heavy atom. The number of nitrogens with zero attached hydrogens (tertiary/aromatic N) is 1. The van der Waals surface area contributed by atoms with Gasteiger partial charge in [0, 0.05) is 0 Å². The van der Waals surface area contributed by atoms with Gasteiger partial charge in [-0.3, -0.25) is 0 Å². The lowest BCUT2D eigenvalue weighted by atomic mass is 10.3. The van der Waals surface area contributed by atoms with Gasteiger partial charge < -0.3 is 4.74 Å². The second-order valence-corrected chi connectivity index (χ2v) is 4.07. The number of halogens is 2. The van der Waals surface area contributed by atoms with Crippen LogP contribution in [-0.2, 0) is 0 Å². The summed E-state index contributed by atoms with van der Waals surface area (Å²) in [6.07, 6.45) is 4.68. The number of hydrogen-bond donors (Lipinski definition) is 0. The molecule has 0 heterocycles. The highest BCUT2D eigenvalue weighted by Crippen LogP contribution is 2.32. The molecule has 5 heteroatoms. The SMILES string of the molecule is C#CC(C)Oc1cc(SC#N)c(F)cc1Cl. The number of nitriles is 1. The Hall–Kier alpha value is -1.36. The Morgan fingerprint density at radius 3 is 2.88 bits per heavy atom. The monoisotopic (exact) mass is 255 g/mol. The minimum atomic E-state index is -0.558. The summed E-state index contributed by atoms with van der Waals surface area (Å²) in [6, 6.07) is 2.46. The highest BCUT2D eigenvalue weighted by atomic mass is 35.5. The number of rotatable bonds is 3. The zero-order chi connectivity index (χ0) is 12.1. The number of thiocyanates is 1. The Balaban J connectivity index is 3.06. The van der Waals surface area contributed by atoms with E-state index in [-0.39, 0.29) is 15.7 Å².